The van der Waals surface area contributed by atoms with Gasteiger partial charge < -0.3 is 27.9 Å². The predicted octanol–water partition coefficient (Wildman–Crippen LogP) is 10.4. The molecule has 4 unspecified atom stereocenters. The van der Waals surface area contributed by atoms with Crippen LogP contribution in [0.4, 0.5) is 0 Å². The van der Waals surface area contributed by atoms with Crippen LogP contribution in [0.2, 0.25) is 0 Å². The molecule has 0 aromatic heterocycles. The van der Waals surface area contributed by atoms with Gasteiger partial charge in [0.1, 0.15) is 0 Å². The van der Waals surface area contributed by atoms with Gasteiger partial charge in [0.15, 0.2) is 0 Å². The van der Waals surface area contributed by atoms with Crippen molar-refractivity contribution in [1.82, 2.24) is 0 Å². The van der Waals surface area contributed by atoms with E-state index < -0.39 is 15.6 Å². The summed E-state index contributed by atoms with van der Waals surface area (Å²) in [5.41, 5.74) is 0. The maximum absolute atomic E-state index is 11.8. The Balaban J connectivity index is -0.000000727. The summed E-state index contributed by atoms with van der Waals surface area (Å²) < 4.78 is 44.0. The number of rotatable bonds is 28. The van der Waals surface area contributed by atoms with Crippen LogP contribution in [0.25, 0.3) is 0 Å². The minimum atomic E-state index is -4.17. The molecular formula is C32H68NiO8P2. The van der Waals surface area contributed by atoms with Crippen molar-refractivity contribution in [3.8, 4) is 0 Å². The Labute approximate surface area is 276 Å². The molecule has 0 aliphatic rings. The van der Waals surface area contributed by atoms with Crippen LogP contribution in [0.5, 0.6) is 0 Å². The third kappa shape index (κ3) is 35.4. The molecule has 0 saturated heterocycles. The SMILES string of the molecule is CCCCCCC(C)OP(=O)([O-])OC(C)CCCCCC.CCCCCCC(C)OP(=O)([O-])OC(C)CCCCCC.[Ni+2]. The van der Waals surface area contributed by atoms with E-state index in [-0.39, 0.29) is 40.9 Å². The molecule has 0 radical (unpaired) electrons. The Morgan fingerprint density at radius 3 is 0.767 bits per heavy atom. The van der Waals surface area contributed by atoms with Crippen molar-refractivity contribution < 1.29 is 53.5 Å². The van der Waals surface area contributed by atoms with Crippen molar-refractivity contribution >= 4 is 15.6 Å². The summed E-state index contributed by atoms with van der Waals surface area (Å²) >= 11 is 0. The molecule has 11 heteroatoms. The minimum Gasteiger partial charge on any atom is -0.756 e. The fourth-order valence-corrected chi connectivity index (χ4v) is 6.86. The van der Waals surface area contributed by atoms with E-state index in [2.05, 4.69) is 27.7 Å². The first-order chi connectivity index (χ1) is 19.8. The van der Waals surface area contributed by atoms with Crippen LogP contribution in [0, 0.1) is 0 Å². The van der Waals surface area contributed by atoms with Gasteiger partial charge in [-0.25, -0.2) is 0 Å². The van der Waals surface area contributed by atoms with Gasteiger partial charge in [-0.2, -0.15) is 0 Å². The van der Waals surface area contributed by atoms with Crippen LogP contribution in [-0.2, 0) is 43.7 Å². The van der Waals surface area contributed by atoms with E-state index in [9.17, 15) is 18.9 Å². The zero-order valence-electron chi connectivity index (χ0n) is 28.9. The van der Waals surface area contributed by atoms with Crippen LogP contribution in [0.15, 0.2) is 0 Å². The molecule has 0 N–H and O–H groups in total. The van der Waals surface area contributed by atoms with Crippen molar-refractivity contribution in [2.24, 2.45) is 0 Å². The van der Waals surface area contributed by atoms with E-state index >= 15 is 0 Å². The molecule has 4 atom stereocenters. The van der Waals surface area contributed by atoms with Gasteiger partial charge in [-0.1, -0.05) is 130 Å². The van der Waals surface area contributed by atoms with Gasteiger partial charge in [-0.3, -0.25) is 9.13 Å². The van der Waals surface area contributed by atoms with Gasteiger partial charge in [-0.05, 0) is 53.4 Å². The van der Waals surface area contributed by atoms with Crippen molar-refractivity contribution in [3.05, 3.63) is 0 Å². The van der Waals surface area contributed by atoms with Crippen molar-refractivity contribution in [2.75, 3.05) is 0 Å². The monoisotopic (exact) mass is 700 g/mol. The van der Waals surface area contributed by atoms with Crippen LogP contribution in [-0.4, -0.2) is 24.4 Å². The average molecular weight is 702 g/mol. The van der Waals surface area contributed by atoms with Gasteiger partial charge in [0.05, 0.1) is 24.4 Å². The third-order valence-corrected chi connectivity index (χ3v) is 9.57. The number of phosphoric acid groups is 2. The Morgan fingerprint density at radius 1 is 0.419 bits per heavy atom. The predicted molar refractivity (Wildman–Crippen MR) is 172 cm³/mol. The fraction of sp³-hybridized carbons (Fsp3) is 1.00. The summed E-state index contributed by atoms with van der Waals surface area (Å²) in [6, 6.07) is 0. The zero-order chi connectivity index (χ0) is 32.3. The molecule has 0 rings (SSSR count). The second-order valence-electron chi connectivity index (χ2n) is 12.0. The summed E-state index contributed by atoms with van der Waals surface area (Å²) in [4.78, 5) is 23.6. The molecule has 0 aliphatic carbocycles. The van der Waals surface area contributed by atoms with Crippen LogP contribution < -0.4 is 9.79 Å². The van der Waals surface area contributed by atoms with Crippen molar-refractivity contribution in [1.29, 1.82) is 0 Å². The molecule has 8 nitrogen and oxygen atoms in total. The van der Waals surface area contributed by atoms with Crippen LogP contribution in [0.3, 0.4) is 0 Å². The molecule has 0 amide bonds. The van der Waals surface area contributed by atoms with E-state index in [1.54, 1.807) is 27.7 Å². The molecule has 0 aliphatic heterocycles. The number of hydrogen-bond acceptors (Lipinski definition) is 8. The van der Waals surface area contributed by atoms with Crippen molar-refractivity contribution in [3.63, 3.8) is 0 Å². The first-order valence-corrected chi connectivity index (χ1v) is 20.1. The van der Waals surface area contributed by atoms with Gasteiger partial charge >= 0.3 is 16.5 Å². The van der Waals surface area contributed by atoms with Gasteiger partial charge in [0.25, 0.3) is 15.6 Å². The second-order valence-corrected chi connectivity index (χ2v) is 14.6. The van der Waals surface area contributed by atoms with Crippen molar-refractivity contribution in [2.45, 2.75) is 208 Å². The average Bonchev–Trinajstić information content (AvgIpc) is 2.89. The van der Waals surface area contributed by atoms with Gasteiger partial charge in [0.2, 0.25) is 0 Å². The second kappa shape index (κ2) is 31.3. The smallest absolute Gasteiger partial charge is 0.756 e. The summed E-state index contributed by atoms with van der Waals surface area (Å²) in [5, 5.41) is 0. The standard InChI is InChI=1S/2C16H35O4P.Ni/c2*1-5-7-9-11-13-15(3)19-21(17,18)20-16(4)14-12-10-8-6-2;/h2*15-16H,5-14H2,1-4H3,(H,17,18);/q;;+2/p-2. The zero-order valence-corrected chi connectivity index (χ0v) is 31.7. The van der Waals surface area contributed by atoms with Gasteiger partial charge in [0, 0.05) is 0 Å². The summed E-state index contributed by atoms with van der Waals surface area (Å²) in [6.07, 6.45) is 19.8. The molecule has 0 heterocycles. The van der Waals surface area contributed by atoms with E-state index in [1.165, 1.54) is 51.4 Å². The Bertz CT molecular complexity index is 582. The van der Waals surface area contributed by atoms with Gasteiger partial charge in [-0.15, -0.1) is 0 Å². The third-order valence-electron chi connectivity index (χ3n) is 7.09. The number of unbranched alkanes of at least 4 members (excludes halogenated alkanes) is 12. The molecule has 43 heavy (non-hydrogen) atoms. The molecule has 0 spiro atoms. The molecule has 0 aromatic rings. The minimum absolute atomic E-state index is 0. The first-order valence-electron chi connectivity index (χ1n) is 17.2. The maximum Gasteiger partial charge on any atom is 2.00 e. The Hall–Kier alpha value is 0.714. The van der Waals surface area contributed by atoms with Crippen LogP contribution >= 0.6 is 15.6 Å². The van der Waals surface area contributed by atoms with Crippen LogP contribution in [0.1, 0.15) is 184 Å². The first kappa shape index (κ1) is 48.1. The normalized spacial score (nSPS) is 17.0. The summed E-state index contributed by atoms with van der Waals surface area (Å²) in [5.74, 6) is 0. The number of phosphoric ester groups is 2. The van der Waals surface area contributed by atoms with E-state index in [1.807, 2.05) is 0 Å². The number of hydrogen-bond donors (Lipinski definition) is 0. The maximum atomic E-state index is 11.8. The molecule has 264 valence electrons. The largest absolute Gasteiger partial charge is 2.00 e. The van der Waals surface area contributed by atoms with E-state index in [0.717, 1.165) is 77.0 Å². The molecule has 0 fully saturated rings. The summed E-state index contributed by atoms with van der Waals surface area (Å²) in [6.45, 7) is 15.8. The molecule has 0 bridgehead atoms. The topological polar surface area (TPSA) is 117 Å². The molecular weight excluding hydrogens is 633 g/mol. The Morgan fingerprint density at radius 2 is 0.605 bits per heavy atom. The molecule has 0 aromatic carbocycles. The van der Waals surface area contributed by atoms with E-state index in [4.69, 9.17) is 18.1 Å². The quantitative estimate of drug-likeness (QED) is 0.0449. The fourth-order valence-electron chi connectivity index (χ4n) is 4.58. The Kier molecular flexibility index (Phi) is 35.0. The van der Waals surface area contributed by atoms with E-state index in [0.29, 0.717) is 0 Å². The molecule has 0 saturated carbocycles. The summed E-state index contributed by atoms with van der Waals surface area (Å²) in [7, 11) is -8.33.